The molecule has 1 aromatic heterocycles. The highest BCUT2D eigenvalue weighted by molar-refractivity contribution is 7.10. The molecule has 1 aromatic rings. The lowest BCUT2D eigenvalue weighted by molar-refractivity contribution is 0.754. The Kier molecular flexibility index (Phi) is 1.50. The third-order valence-electron chi connectivity index (χ3n) is 2.15. The number of hydrogen-bond donors (Lipinski definition) is 0. The second kappa shape index (κ2) is 2.24. The molecule has 0 saturated carbocycles. The molecule has 0 amide bonds. The van der Waals surface area contributed by atoms with Crippen LogP contribution in [0.15, 0.2) is 5.38 Å². The van der Waals surface area contributed by atoms with E-state index < -0.39 is 0 Å². The molecule has 0 saturated heterocycles. The predicted molar refractivity (Wildman–Crippen MR) is 46.1 cm³/mol. The molecule has 1 unspecified atom stereocenters. The lowest BCUT2D eigenvalue weighted by atomic mass is 10.2. The highest BCUT2D eigenvalue weighted by Crippen LogP contribution is 2.41. The minimum absolute atomic E-state index is 0.757. The van der Waals surface area contributed by atoms with Crippen molar-refractivity contribution in [1.29, 1.82) is 0 Å². The summed E-state index contributed by atoms with van der Waals surface area (Å²) in [5.41, 5.74) is 1.42. The van der Waals surface area contributed by atoms with E-state index in [0.29, 0.717) is 0 Å². The van der Waals surface area contributed by atoms with Gasteiger partial charge in [0.05, 0.1) is 5.02 Å². The van der Waals surface area contributed by atoms with E-state index in [1.807, 2.05) is 11.3 Å². The van der Waals surface area contributed by atoms with Crippen LogP contribution in [0.3, 0.4) is 0 Å². The summed E-state index contributed by atoms with van der Waals surface area (Å²) in [7, 11) is 0. The Balaban J connectivity index is 2.53. The van der Waals surface area contributed by atoms with Crippen LogP contribution < -0.4 is 0 Å². The van der Waals surface area contributed by atoms with Crippen LogP contribution in [0.1, 0.15) is 29.7 Å². The molecule has 54 valence electrons. The first-order valence-electron chi connectivity index (χ1n) is 3.55. The third-order valence-corrected chi connectivity index (χ3v) is 3.87. The van der Waals surface area contributed by atoms with Crippen molar-refractivity contribution in [3.05, 3.63) is 20.8 Å². The van der Waals surface area contributed by atoms with Crippen LogP contribution in [0.25, 0.3) is 0 Å². The molecule has 10 heavy (non-hydrogen) atoms. The maximum atomic E-state index is 5.96. The topological polar surface area (TPSA) is 0 Å². The summed E-state index contributed by atoms with van der Waals surface area (Å²) in [6.07, 6.45) is 2.49. The standard InChI is InChI=1S/C8H9ClS/c1-5-2-3-6-7(9)4-10-8(5)6/h4-5H,2-3H2,1H3. The van der Waals surface area contributed by atoms with Gasteiger partial charge in [-0.2, -0.15) is 0 Å². The van der Waals surface area contributed by atoms with E-state index in [2.05, 4.69) is 12.3 Å². The molecule has 0 spiro atoms. The van der Waals surface area contributed by atoms with Crippen molar-refractivity contribution < 1.29 is 0 Å². The average Bonchev–Trinajstić information content (AvgIpc) is 2.41. The van der Waals surface area contributed by atoms with Crippen LogP contribution in [0.4, 0.5) is 0 Å². The van der Waals surface area contributed by atoms with Crippen molar-refractivity contribution >= 4 is 22.9 Å². The zero-order valence-electron chi connectivity index (χ0n) is 5.86. The number of halogens is 1. The van der Waals surface area contributed by atoms with Crippen molar-refractivity contribution in [1.82, 2.24) is 0 Å². The van der Waals surface area contributed by atoms with Crippen LogP contribution in [0.2, 0.25) is 5.02 Å². The molecule has 0 bridgehead atoms. The molecule has 1 aliphatic rings. The number of fused-ring (bicyclic) bond motifs is 1. The fraction of sp³-hybridized carbons (Fsp3) is 0.500. The summed E-state index contributed by atoms with van der Waals surface area (Å²) >= 11 is 7.78. The van der Waals surface area contributed by atoms with E-state index in [4.69, 9.17) is 11.6 Å². The second-order valence-electron chi connectivity index (χ2n) is 2.87. The minimum Gasteiger partial charge on any atom is -0.147 e. The van der Waals surface area contributed by atoms with Gasteiger partial charge < -0.3 is 0 Å². The van der Waals surface area contributed by atoms with Gasteiger partial charge in [0.15, 0.2) is 0 Å². The average molecular weight is 173 g/mol. The van der Waals surface area contributed by atoms with Crippen molar-refractivity contribution in [3.8, 4) is 0 Å². The lowest BCUT2D eigenvalue weighted by Crippen LogP contribution is -1.78. The van der Waals surface area contributed by atoms with E-state index in [0.717, 1.165) is 10.9 Å². The summed E-state index contributed by atoms with van der Waals surface area (Å²) in [5.74, 6) is 0.757. The summed E-state index contributed by atoms with van der Waals surface area (Å²) < 4.78 is 0. The molecular weight excluding hydrogens is 164 g/mol. The van der Waals surface area contributed by atoms with E-state index in [9.17, 15) is 0 Å². The first-order chi connectivity index (χ1) is 4.79. The molecule has 0 aromatic carbocycles. The number of thiophene rings is 1. The summed E-state index contributed by atoms with van der Waals surface area (Å²) in [6, 6.07) is 0. The van der Waals surface area contributed by atoms with Crippen molar-refractivity contribution in [2.75, 3.05) is 0 Å². The van der Waals surface area contributed by atoms with Crippen molar-refractivity contribution in [3.63, 3.8) is 0 Å². The van der Waals surface area contributed by atoms with Crippen LogP contribution in [0.5, 0.6) is 0 Å². The van der Waals surface area contributed by atoms with E-state index in [1.165, 1.54) is 23.3 Å². The maximum absolute atomic E-state index is 5.96. The van der Waals surface area contributed by atoms with Gasteiger partial charge in [-0.1, -0.05) is 18.5 Å². The largest absolute Gasteiger partial charge is 0.147 e. The van der Waals surface area contributed by atoms with Crippen LogP contribution in [0, 0.1) is 0 Å². The van der Waals surface area contributed by atoms with Crippen LogP contribution >= 0.6 is 22.9 Å². The smallest absolute Gasteiger partial charge is 0.0547 e. The molecule has 1 aliphatic carbocycles. The molecular formula is C8H9ClS. The summed E-state index contributed by atoms with van der Waals surface area (Å²) in [6.45, 7) is 2.28. The zero-order valence-corrected chi connectivity index (χ0v) is 7.43. The fourth-order valence-electron chi connectivity index (χ4n) is 1.52. The maximum Gasteiger partial charge on any atom is 0.0547 e. The normalized spacial score (nSPS) is 23.2. The second-order valence-corrected chi connectivity index (χ2v) is 4.18. The first-order valence-corrected chi connectivity index (χ1v) is 4.80. The van der Waals surface area contributed by atoms with Gasteiger partial charge in [0, 0.05) is 10.3 Å². The van der Waals surface area contributed by atoms with Crippen molar-refractivity contribution in [2.45, 2.75) is 25.7 Å². The van der Waals surface area contributed by atoms with Gasteiger partial charge in [0.25, 0.3) is 0 Å². The van der Waals surface area contributed by atoms with Gasteiger partial charge in [-0.3, -0.25) is 0 Å². The first kappa shape index (κ1) is 6.68. The Morgan fingerprint density at radius 1 is 1.70 bits per heavy atom. The van der Waals surface area contributed by atoms with Gasteiger partial charge in [-0.25, -0.2) is 0 Å². The third kappa shape index (κ3) is 0.807. The lowest BCUT2D eigenvalue weighted by Gasteiger charge is -1.95. The van der Waals surface area contributed by atoms with Gasteiger partial charge in [-0.15, -0.1) is 11.3 Å². The molecule has 1 heterocycles. The highest BCUT2D eigenvalue weighted by atomic mass is 35.5. The number of hydrogen-bond acceptors (Lipinski definition) is 1. The van der Waals surface area contributed by atoms with Gasteiger partial charge >= 0.3 is 0 Å². The quantitative estimate of drug-likeness (QED) is 0.563. The molecule has 0 N–H and O–H groups in total. The van der Waals surface area contributed by atoms with Crippen molar-refractivity contribution in [2.24, 2.45) is 0 Å². The Morgan fingerprint density at radius 3 is 3.20 bits per heavy atom. The minimum atomic E-state index is 0.757. The number of rotatable bonds is 0. The van der Waals surface area contributed by atoms with Gasteiger partial charge in [0.2, 0.25) is 0 Å². The van der Waals surface area contributed by atoms with Gasteiger partial charge in [0.1, 0.15) is 0 Å². The van der Waals surface area contributed by atoms with E-state index >= 15 is 0 Å². The molecule has 0 radical (unpaired) electrons. The molecule has 2 heteroatoms. The molecule has 1 atom stereocenters. The fourth-order valence-corrected chi connectivity index (χ4v) is 2.99. The summed E-state index contributed by atoms with van der Waals surface area (Å²) in [5, 5.41) is 3.05. The van der Waals surface area contributed by atoms with Gasteiger partial charge in [-0.05, 0) is 24.3 Å². The Morgan fingerprint density at radius 2 is 2.50 bits per heavy atom. The Hall–Kier alpha value is -0.0100. The van der Waals surface area contributed by atoms with E-state index in [1.54, 1.807) is 0 Å². The molecule has 0 fully saturated rings. The van der Waals surface area contributed by atoms with Crippen LogP contribution in [-0.2, 0) is 6.42 Å². The SMILES string of the molecule is CC1CCc2c(Cl)csc21. The highest BCUT2D eigenvalue weighted by Gasteiger charge is 2.22. The Bertz CT molecular complexity index is 252. The van der Waals surface area contributed by atoms with E-state index in [-0.39, 0.29) is 0 Å². The molecule has 0 nitrogen and oxygen atoms in total. The summed E-state index contributed by atoms with van der Waals surface area (Å²) in [4.78, 5) is 1.52. The van der Waals surface area contributed by atoms with Crippen LogP contribution in [-0.4, -0.2) is 0 Å². The zero-order chi connectivity index (χ0) is 7.14. The molecule has 0 aliphatic heterocycles. The predicted octanol–water partition coefficient (Wildman–Crippen LogP) is 3.45. The Labute approximate surface area is 69.8 Å². The molecule has 2 rings (SSSR count). The monoisotopic (exact) mass is 172 g/mol.